The summed E-state index contributed by atoms with van der Waals surface area (Å²) in [5.41, 5.74) is -0.848. The summed E-state index contributed by atoms with van der Waals surface area (Å²) >= 11 is 0. The first-order valence-electron chi connectivity index (χ1n) is 7.83. The van der Waals surface area contributed by atoms with Crippen LogP contribution in [0, 0.1) is 10.1 Å². The highest BCUT2D eigenvalue weighted by Crippen LogP contribution is 2.29. The lowest BCUT2D eigenvalue weighted by molar-refractivity contribution is -0.386. The maximum Gasteiger partial charge on any atom is 0.417 e. The van der Waals surface area contributed by atoms with Gasteiger partial charge < -0.3 is 14.6 Å². The maximum absolute atomic E-state index is 11.9. The number of nitrogens with zero attached hydrogens (tertiary/aromatic N) is 2. The lowest BCUT2D eigenvalue weighted by Gasteiger charge is -2.26. The van der Waals surface area contributed by atoms with Gasteiger partial charge in [-0.1, -0.05) is 18.6 Å². The van der Waals surface area contributed by atoms with E-state index in [0.717, 1.165) is 19.6 Å². The lowest BCUT2D eigenvalue weighted by atomic mass is 10.1. The minimum absolute atomic E-state index is 0.249. The number of fused-ring (bicyclic) bond motifs is 1. The van der Waals surface area contributed by atoms with Gasteiger partial charge in [0, 0.05) is 18.5 Å². The van der Waals surface area contributed by atoms with E-state index in [2.05, 4.69) is 10.2 Å². The zero-order valence-electron chi connectivity index (χ0n) is 12.8. The molecule has 7 nitrogen and oxygen atoms in total. The largest absolute Gasteiger partial charge is 0.418 e. The number of nitrogens with one attached hydrogen (secondary N) is 1. The Morgan fingerprint density at radius 2 is 1.96 bits per heavy atom. The minimum Gasteiger partial charge on any atom is -0.418 e. The minimum atomic E-state index is -0.922. The topological polar surface area (TPSA) is 88.6 Å². The first-order chi connectivity index (χ1) is 11.2. The Morgan fingerprint density at radius 1 is 1.22 bits per heavy atom. The first kappa shape index (κ1) is 15.5. The molecule has 0 atom stereocenters. The average Bonchev–Trinajstić information content (AvgIpc) is 2.55. The van der Waals surface area contributed by atoms with Crippen molar-refractivity contribution in [2.45, 2.75) is 19.3 Å². The van der Waals surface area contributed by atoms with Crippen molar-refractivity contribution in [1.29, 1.82) is 0 Å². The Labute approximate surface area is 133 Å². The van der Waals surface area contributed by atoms with Crippen molar-refractivity contribution in [3.8, 4) is 0 Å². The molecule has 2 aromatic rings. The maximum atomic E-state index is 11.9. The van der Waals surface area contributed by atoms with E-state index in [4.69, 9.17) is 4.42 Å². The van der Waals surface area contributed by atoms with Crippen LogP contribution in [0.5, 0.6) is 0 Å². The van der Waals surface area contributed by atoms with Crippen LogP contribution in [0.25, 0.3) is 11.0 Å². The molecule has 7 heteroatoms. The zero-order chi connectivity index (χ0) is 16.2. The van der Waals surface area contributed by atoms with E-state index >= 15 is 0 Å². The highest BCUT2D eigenvalue weighted by molar-refractivity contribution is 5.94. The second-order valence-corrected chi connectivity index (χ2v) is 5.70. The Kier molecular flexibility index (Phi) is 4.57. The molecule has 0 aliphatic carbocycles. The van der Waals surface area contributed by atoms with Gasteiger partial charge in [-0.3, -0.25) is 10.1 Å². The molecule has 1 aliphatic rings. The number of anilines is 1. The number of likely N-dealkylation sites (tertiary alicyclic amines) is 1. The van der Waals surface area contributed by atoms with Crippen LogP contribution < -0.4 is 10.9 Å². The Hall–Kier alpha value is -2.41. The normalized spacial score (nSPS) is 15.7. The highest BCUT2D eigenvalue weighted by atomic mass is 16.6. The van der Waals surface area contributed by atoms with Crippen LogP contribution in [0.4, 0.5) is 11.4 Å². The van der Waals surface area contributed by atoms with E-state index in [1.54, 1.807) is 24.3 Å². The van der Waals surface area contributed by atoms with Gasteiger partial charge in [0.2, 0.25) is 0 Å². The third-order valence-electron chi connectivity index (χ3n) is 4.15. The molecule has 0 amide bonds. The fourth-order valence-corrected chi connectivity index (χ4v) is 3.01. The molecule has 0 bridgehead atoms. The molecule has 0 spiro atoms. The molecule has 122 valence electrons. The zero-order valence-corrected chi connectivity index (χ0v) is 12.8. The van der Waals surface area contributed by atoms with Gasteiger partial charge in [0.25, 0.3) is 0 Å². The molecule has 23 heavy (non-hydrogen) atoms. The number of hydrogen-bond donors (Lipinski definition) is 1. The third kappa shape index (κ3) is 3.34. The molecule has 1 fully saturated rings. The quantitative estimate of drug-likeness (QED) is 0.518. The van der Waals surface area contributed by atoms with Crippen molar-refractivity contribution in [3.05, 3.63) is 44.8 Å². The van der Waals surface area contributed by atoms with Gasteiger partial charge in [-0.25, -0.2) is 4.79 Å². The summed E-state index contributed by atoms with van der Waals surface area (Å²) in [5, 5.41) is 14.9. The van der Waals surface area contributed by atoms with Gasteiger partial charge in [0.05, 0.1) is 4.92 Å². The van der Waals surface area contributed by atoms with Crippen molar-refractivity contribution in [1.82, 2.24) is 4.90 Å². The van der Waals surface area contributed by atoms with E-state index in [9.17, 15) is 14.9 Å². The molecular weight excluding hydrogens is 298 g/mol. The highest BCUT2D eigenvalue weighted by Gasteiger charge is 2.24. The van der Waals surface area contributed by atoms with Crippen molar-refractivity contribution in [2.24, 2.45) is 0 Å². The van der Waals surface area contributed by atoms with Gasteiger partial charge in [0.15, 0.2) is 0 Å². The number of para-hydroxylation sites is 1. The van der Waals surface area contributed by atoms with Gasteiger partial charge >= 0.3 is 11.3 Å². The van der Waals surface area contributed by atoms with Crippen molar-refractivity contribution >= 4 is 22.3 Å². The predicted octanol–water partition coefficient (Wildman–Crippen LogP) is 2.60. The lowest BCUT2D eigenvalue weighted by Crippen LogP contribution is -2.33. The predicted molar refractivity (Wildman–Crippen MR) is 87.9 cm³/mol. The Bertz CT molecular complexity index is 765. The Morgan fingerprint density at radius 3 is 2.70 bits per heavy atom. The van der Waals surface area contributed by atoms with Crippen LogP contribution in [0.15, 0.2) is 33.5 Å². The van der Waals surface area contributed by atoms with Crippen LogP contribution in [-0.4, -0.2) is 36.0 Å². The molecule has 0 unspecified atom stereocenters. The molecule has 1 saturated heterocycles. The summed E-state index contributed by atoms with van der Waals surface area (Å²) in [4.78, 5) is 24.8. The van der Waals surface area contributed by atoms with Crippen molar-refractivity contribution in [3.63, 3.8) is 0 Å². The monoisotopic (exact) mass is 317 g/mol. The number of hydrogen-bond acceptors (Lipinski definition) is 6. The fourth-order valence-electron chi connectivity index (χ4n) is 3.01. The van der Waals surface area contributed by atoms with E-state index in [1.165, 1.54) is 19.3 Å². The summed E-state index contributed by atoms with van der Waals surface area (Å²) < 4.78 is 5.04. The van der Waals surface area contributed by atoms with Crippen LogP contribution in [0.2, 0.25) is 0 Å². The number of benzene rings is 1. The van der Waals surface area contributed by atoms with Gasteiger partial charge in [0.1, 0.15) is 11.3 Å². The molecular formula is C16H19N3O4. The molecule has 1 N–H and O–H groups in total. The van der Waals surface area contributed by atoms with Crippen LogP contribution >= 0.6 is 0 Å². The smallest absolute Gasteiger partial charge is 0.417 e. The summed E-state index contributed by atoms with van der Waals surface area (Å²) in [7, 11) is 0. The van der Waals surface area contributed by atoms with Crippen LogP contribution in [-0.2, 0) is 0 Å². The Balaban J connectivity index is 1.86. The molecule has 3 rings (SSSR count). The summed E-state index contributed by atoms with van der Waals surface area (Å²) in [6, 6.07) is 6.85. The van der Waals surface area contributed by atoms with Gasteiger partial charge in [-0.05, 0) is 38.1 Å². The summed E-state index contributed by atoms with van der Waals surface area (Å²) in [5.74, 6) is 0. The summed E-state index contributed by atoms with van der Waals surface area (Å²) in [6.45, 7) is 3.46. The number of rotatable bonds is 5. The van der Waals surface area contributed by atoms with Gasteiger partial charge in [-0.2, -0.15) is 0 Å². The molecule has 1 aliphatic heterocycles. The van der Waals surface area contributed by atoms with E-state index in [0.29, 0.717) is 17.5 Å². The first-order valence-corrected chi connectivity index (χ1v) is 7.83. The standard InChI is InChI=1S/C16H19N3O4/c20-16-15(19(21)22)14(12-6-2-3-7-13(12)23-16)17-8-11-18-9-4-1-5-10-18/h2-3,6-7,17H,1,4-5,8-11H2. The number of nitro groups is 1. The van der Waals surface area contributed by atoms with Crippen LogP contribution in [0.3, 0.4) is 0 Å². The third-order valence-corrected chi connectivity index (χ3v) is 4.15. The average molecular weight is 317 g/mol. The SMILES string of the molecule is O=c1oc2ccccc2c(NCCN2CCCCC2)c1[N+](=O)[O-]. The van der Waals surface area contributed by atoms with E-state index in [-0.39, 0.29) is 5.69 Å². The van der Waals surface area contributed by atoms with Crippen molar-refractivity contribution in [2.75, 3.05) is 31.5 Å². The second kappa shape index (κ2) is 6.78. The van der Waals surface area contributed by atoms with Gasteiger partial charge in [-0.15, -0.1) is 0 Å². The molecule has 2 heterocycles. The summed E-state index contributed by atoms with van der Waals surface area (Å²) in [6.07, 6.45) is 3.65. The second-order valence-electron chi connectivity index (χ2n) is 5.70. The molecule has 1 aromatic heterocycles. The number of piperidine rings is 1. The molecule has 0 radical (unpaired) electrons. The fraction of sp³-hybridized carbons (Fsp3) is 0.438. The van der Waals surface area contributed by atoms with Crippen LogP contribution in [0.1, 0.15) is 19.3 Å². The van der Waals surface area contributed by atoms with E-state index in [1.807, 2.05) is 0 Å². The van der Waals surface area contributed by atoms with Crippen molar-refractivity contribution < 1.29 is 9.34 Å². The van der Waals surface area contributed by atoms with E-state index < -0.39 is 16.2 Å². The molecule has 1 aromatic carbocycles. The molecule has 0 saturated carbocycles.